The van der Waals surface area contributed by atoms with Gasteiger partial charge in [-0.1, -0.05) is 19.9 Å². The monoisotopic (exact) mass is 532 g/mol. The van der Waals surface area contributed by atoms with E-state index in [9.17, 15) is 4.79 Å². The normalized spacial score (nSPS) is 14.0. The van der Waals surface area contributed by atoms with Gasteiger partial charge in [-0.25, -0.2) is 29.9 Å². The summed E-state index contributed by atoms with van der Waals surface area (Å²) in [6.45, 7) is 8.47. The number of anilines is 1. The highest BCUT2D eigenvalue weighted by molar-refractivity contribution is 7.99. The molecule has 38 heavy (non-hydrogen) atoms. The number of aromatic nitrogens is 7. The molecule has 198 valence electrons. The van der Waals surface area contributed by atoms with Crippen molar-refractivity contribution in [2.45, 2.75) is 70.5 Å². The van der Waals surface area contributed by atoms with E-state index in [0.717, 1.165) is 41.3 Å². The number of fused-ring (bicyclic) bond motifs is 1. The molecule has 0 aromatic carbocycles. The highest BCUT2D eigenvalue weighted by atomic mass is 32.2. The predicted octanol–water partition coefficient (Wildman–Crippen LogP) is 4.93. The van der Waals surface area contributed by atoms with Gasteiger partial charge in [-0.2, -0.15) is 0 Å². The van der Waals surface area contributed by atoms with E-state index in [1.807, 2.05) is 39.1 Å². The van der Waals surface area contributed by atoms with Crippen molar-refractivity contribution in [2.24, 2.45) is 0 Å². The zero-order valence-electron chi connectivity index (χ0n) is 22.4. The first kappa shape index (κ1) is 26.0. The Morgan fingerprint density at radius 3 is 2.63 bits per heavy atom. The second kappa shape index (κ2) is 11.0. The topological polar surface area (TPSA) is 121 Å². The quantitative estimate of drug-likeness (QED) is 0.281. The second-order valence-corrected chi connectivity index (χ2v) is 10.7. The highest BCUT2D eigenvalue weighted by Gasteiger charge is 2.32. The van der Waals surface area contributed by atoms with Gasteiger partial charge in [0, 0.05) is 24.7 Å². The Labute approximate surface area is 225 Å². The molecule has 1 aliphatic rings. The van der Waals surface area contributed by atoms with Crippen LogP contribution in [0.15, 0.2) is 34.5 Å². The molecule has 10 nitrogen and oxygen atoms in total. The SMILES string of the molecule is CCSc1ccc(CNc2nc3c(C)nc(-c4c(OC)ncnc4C4CC4)nc3n(C(C)CC)c2=O)cn1. The van der Waals surface area contributed by atoms with Gasteiger partial charge in [0.2, 0.25) is 5.88 Å². The molecule has 0 aliphatic heterocycles. The zero-order chi connectivity index (χ0) is 26.8. The molecule has 4 heterocycles. The molecular formula is C27H32N8O2S. The van der Waals surface area contributed by atoms with Gasteiger partial charge in [0.25, 0.3) is 5.56 Å². The largest absolute Gasteiger partial charge is 0.480 e. The lowest BCUT2D eigenvalue weighted by molar-refractivity contribution is 0.397. The predicted molar refractivity (Wildman–Crippen MR) is 149 cm³/mol. The van der Waals surface area contributed by atoms with Crippen molar-refractivity contribution >= 4 is 28.7 Å². The fourth-order valence-electron chi connectivity index (χ4n) is 4.39. The third kappa shape index (κ3) is 5.07. The summed E-state index contributed by atoms with van der Waals surface area (Å²) in [6, 6.07) is 3.91. The molecule has 4 aromatic heterocycles. The van der Waals surface area contributed by atoms with Crippen molar-refractivity contribution < 1.29 is 4.74 Å². The van der Waals surface area contributed by atoms with Crippen LogP contribution in [-0.4, -0.2) is 47.3 Å². The molecule has 5 rings (SSSR count). The number of aryl methyl sites for hydroxylation is 1. The minimum Gasteiger partial charge on any atom is -0.480 e. The molecule has 0 bridgehead atoms. The highest BCUT2D eigenvalue weighted by Crippen LogP contribution is 2.45. The van der Waals surface area contributed by atoms with Gasteiger partial charge in [-0.3, -0.25) is 9.36 Å². The summed E-state index contributed by atoms with van der Waals surface area (Å²) in [7, 11) is 1.58. The minimum atomic E-state index is -0.222. The molecule has 0 saturated heterocycles. The van der Waals surface area contributed by atoms with Crippen molar-refractivity contribution in [3.63, 3.8) is 0 Å². The summed E-state index contributed by atoms with van der Waals surface area (Å²) in [5, 5.41) is 4.21. The number of nitrogens with zero attached hydrogens (tertiary/aromatic N) is 7. The number of methoxy groups -OCH3 is 1. The molecule has 1 aliphatic carbocycles. The second-order valence-electron chi connectivity index (χ2n) is 9.41. The Hall–Kier alpha value is -3.60. The van der Waals surface area contributed by atoms with E-state index in [4.69, 9.17) is 19.7 Å². The van der Waals surface area contributed by atoms with Crippen LogP contribution in [0.3, 0.4) is 0 Å². The van der Waals surface area contributed by atoms with Crippen LogP contribution in [0, 0.1) is 6.92 Å². The van der Waals surface area contributed by atoms with Crippen LogP contribution in [0.4, 0.5) is 5.82 Å². The lowest BCUT2D eigenvalue weighted by atomic mass is 10.1. The van der Waals surface area contributed by atoms with Crippen LogP contribution in [-0.2, 0) is 6.54 Å². The average Bonchev–Trinajstić information content (AvgIpc) is 3.78. The Balaban J connectivity index is 1.60. The molecule has 1 fully saturated rings. The van der Waals surface area contributed by atoms with Crippen LogP contribution in [0.5, 0.6) is 5.88 Å². The number of hydrogen-bond donors (Lipinski definition) is 1. The Morgan fingerprint density at radius 2 is 1.97 bits per heavy atom. The maximum Gasteiger partial charge on any atom is 0.295 e. The molecular weight excluding hydrogens is 500 g/mol. The number of ether oxygens (including phenoxy) is 1. The average molecular weight is 533 g/mol. The van der Waals surface area contributed by atoms with Gasteiger partial charge in [0.15, 0.2) is 17.3 Å². The van der Waals surface area contributed by atoms with Crippen LogP contribution in [0.2, 0.25) is 0 Å². The van der Waals surface area contributed by atoms with Gasteiger partial charge < -0.3 is 10.1 Å². The van der Waals surface area contributed by atoms with Gasteiger partial charge >= 0.3 is 0 Å². The van der Waals surface area contributed by atoms with E-state index in [0.29, 0.717) is 46.6 Å². The molecule has 1 atom stereocenters. The van der Waals surface area contributed by atoms with E-state index in [2.05, 4.69) is 27.2 Å². The summed E-state index contributed by atoms with van der Waals surface area (Å²) >= 11 is 1.69. The Bertz CT molecular complexity index is 1520. The minimum absolute atomic E-state index is 0.0976. The molecule has 11 heteroatoms. The first-order valence-electron chi connectivity index (χ1n) is 13.0. The van der Waals surface area contributed by atoms with Crippen LogP contribution in [0.25, 0.3) is 22.6 Å². The van der Waals surface area contributed by atoms with E-state index in [1.165, 1.54) is 6.33 Å². The molecule has 0 radical (unpaired) electrons. The first-order valence-corrected chi connectivity index (χ1v) is 13.9. The van der Waals surface area contributed by atoms with Crippen molar-refractivity contribution in [1.29, 1.82) is 0 Å². The fourth-order valence-corrected chi connectivity index (χ4v) is 4.97. The summed E-state index contributed by atoms with van der Waals surface area (Å²) in [5.74, 6) is 2.46. The van der Waals surface area contributed by atoms with Gasteiger partial charge in [0.05, 0.1) is 23.5 Å². The third-order valence-electron chi connectivity index (χ3n) is 6.72. The standard InChI is InChI=1S/C27H32N8O2S/c1-6-15(3)35-25-21(33-24(27(35)36)29-13-17-8-11-19(28-12-17)38-7-2)16(4)32-23(34-25)20-22(18-9-10-18)30-14-31-26(20)37-5/h8,11-12,14-15,18H,6-7,9-10,13H2,1-5H3,(H,29,33). The van der Waals surface area contributed by atoms with Crippen LogP contribution in [0.1, 0.15) is 68.9 Å². The summed E-state index contributed by atoms with van der Waals surface area (Å²) < 4.78 is 7.29. The fraction of sp³-hybridized carbons (Fsp3) is 0.444. The van der Waals surface area contributed by atoms with Crippen LogP contribution < -0.4 is 15.6 Å². The van der Waals surface area contributed by atoms with Crippen molar-refractivity contribution in [2.75, 3.05) is 18.2 Å². The molecule has 4 aromatic rings. The number of hydrogen-bond acceptors (Lipinski definition) is 10. The van der Waals surface area contributed by atoms with E-state index >= 15 is 0 Å². The number of pyridine rings is 1. The lowest BCUT2D eigenvalue weighted by Crippen LogP contribution is -2.28. The number of thioether (sulfide) groups is 1. The van der Waals surface area contributed by atoms with Crippen LogP contribution >= 0.6 is 11.8 Å². The van der Waals surface area contributed by atoms with E-state index < -0.39 is 0 Å². The summed E-state index contributed by atoms with van der Waals surface area (Å²) in [5.41, 5.74) is 4.05. The third-order valence-corrected chi connectivity index (χ3v) is 7.54. The Kier molecular flexibility index (Phi) is 7.55. The van der Waals surface area contributed by atoms with Gasteiger partial charge in [0.1, 0.15) is 17.4 Å². The molecule has 1 unspecified atom stereocenters. The zero-order valence-corrected chi connectivity index (χ0v) is 23.2. The van der Waals surface area contributed by atoms with Gasteiger partial charge in [-0.05, 0) is 50.5 Å². The van der Waals surface area contributed by atoms with Crippen molar-refractivity contribution in [3.8, 4) is 17.3 Å². The van der Waals surface area contributed by atoms with Crippen molar-refractivity contribution in [3.05, 3.63) is 52.0 Å². The summed E-state index contributed by atoms with van der Waals surface area (Å²) in [4.78, 5) is 41.5. The van der Waals surface area contributed by atoms with Crippen molar-refractivity contribution in [1.82, 2.24) is 34.5 Å². The van der Waals surface area contributed by atoms with Gasteiger partial charge in [-0.15, -0.1) is 11.8 Å². The maximum atomic E-state index is 13.7. The van der Waals surface area contributed by atoms with E-state index in [-0.39, 0.29) is 17.4 Å². The number of nitrogens with one attached hydrogen (secondary N) is 1. The maximum absolute atomic E-state index is 13.7. The summed E-state index contributed by atoms with van der Waals surface area (Å²) in [6.07, 6.45) is 6.21. The first-order chi connectivity index (χ1) is 18.4. The smallest absolute Gasteiger partial charge is 0.295 e. The Morgan fingerprint density at radius 1 is 1.16 bits per heavy atom. The van der Waals surface area contributed by atoms with E-state index in [1.54, 1.807) is 23.4 Å². The number of rotatable bonds is 10. The molecule has 1 N–H and O–H groups in total. The molecule has 1 saturated carbocycles. The molecule has 0 spiro atoms. The lowest BCUT2D eigenvalue weighted by Gasteiger charge is -2.19. The molecule has 0 amide bonds.